The number of nitroso groups, excluding NO2 is 1. The number of nitrogens with one attached hydrogen (secondary N) is 1. The van der Waals surface area contributed by atoms with Crippen LogP contribution < -0.4 is 17.0 Å². The van der Waals surface area contributed by atoms with Crippen molar-refractivity contribution in [2.24, 2.45) is 5.18 Å². The quantitative estimate of drug-likeness (QED) is 0.459. The number of aromatic nitrogens is 2. The fraction of sp³-hybridized carbons (Fsp3) is 0. The van der Waals surface area contributed by atoms with Gasteiger partial charge in [-0.2, -0.15) is 4.98 Å². The van der Waals surface area contributed by atoms with Gasteiger partial charge in [-0.15, -0.1) is 4.91 Å². The second kappa shape index (κ2) is 4.13. The van der Waals surface area contributed by atoms with Gasteiger partial charge < -0.3 is 11.5 Å². The van der Waals surface area contributed by atoms with Gasteiger partial charge in [0.15, 0.2) is 5.82 Å². The summed E-state index contributed by atoms with van der Waals surface area (Å²) < 4.78 is 0. The second-order valence-corrected chi connectivity index (χ2v) is 1.78. The Hall–Kier alpha value is -0.998. The summed E-state index contributed by atoms with van der Waals surface area (Å²) in [6.45, 7) is 0. The largest absolute Gasteiger partial charge is 0.382 e. The number of aromatic amines is 1. The van der Waals surface area contributed by atoms with Gasteiger partial charge in [0.2, 0.25) is 11.6 Å². The summed E-state index contributed by atoms with van der Waals surface area (Å²) >= 11 is 0. The Labute approximate surface area is 86.7 Å². The van der Waals surface area contributed by atoms with E-state index >= 15 is 0 Å². The van der Waals surface area contributed by atoms with Gasteiger partial charge in [-0.1, -0.05) is 0 Å². The average molecular weight is 268 g/mol. The van der Waals surface area contributed by atoms with E-state index in [1.165, 1.54) is 0 Å². The first kappa shape index (κ1) is 11.0. The summed E-state index contributed by atoms with van der Waals surface area (Å²) in [5.74, 6) is -0.402. The molecular formula is C4H5CdN5O2. The van der Waals surface area contributed by atoms with Crippen LogP contribution in [0.3, 0.4) is 0 Å². The van der Waals surface area contributed by atoms with Gasteiger partial charge in [0, 0.05) is 27.3 Å². The Bertz CT molecular complexity index is 348. The summed E-state index contributed by atoms with van der Waals surface area (Å²) in [5.41, 5.74) is 9.04. The van der Waals surface area contributed by atoms with Crippen molar-refractivity contribution in [3.8, 4) is 0 Å². The fourth-order valence-electron chi connectivity index (χ4n) is 0.591. The molecule has 8 heteroatoms. The molecule has 0 atom stereocenters. The molecule has 0 aliphatic heterocycles. The smallest absolute Gasteiger partial charge is 0.284 e. The standard InChI is InChI=1S/C4H5N5O2.Cd/c5-2-1(9-11)3(10)8-4(6)7-2;/h(H5,5,6,7,8,10);. The Balaban J connectivity index is 0.00000121. The minimum Gasteiger partial charge on any atom is -0.382 e. The number of nitrogens with zero attached hydrogens (tertiary/aromatic N) is 2. The number of hydrogen-bond acceptors (Lipinski definition) is 6. The number of anilines is 2. The van der Waals surface area contributed by atoms with E-state index in [2.05, 4.69) is 15.1 Å². The van der Waals surface area contributed by atoms with Gasteiger partial charge in [-0.3, -0.25) is 9.78 Å². The first-order chi connectivity index (χ1) is 5.15. The molecule has 0 saturated heterocycles. The monoisotopic (exact) mass is 269 g/mol. The van der Waals surface area contributed by atoms with Crippen LogP contribution in [-0.4, -0.2) is 9.97 Å². The molecule has 0 amide bonds. The maximum Gasteiger partial charge on any atom is 0.284 e. The predicted molar refractivity (Wildman–Crippen MR) is 39.1 cm³/mol. The zero-order chi connectivity index (χ0) is 8.43. The Morgan fingerprint density at radius 2 is 2.00 bits per heavy atom. The third-order valence-corrected chi connectivity index (χ3v) is 1.03. The molecule has 0 aromatic carbocycles. The first-order valence-electron chi connectivity index (χ1n) is 2.63. The molecule has 0 saturated carbocycles. The van der Waals surface area contributed by atoms with Crippen molar-refractivity contribution in [2.75, 3.05) is 11.5 Å². The molecule has 0 bridgehead atoms. The molecule has 1 rings (SSSR count). The van der Waals surface area contributed by atoms with Crippen LogP contribution in [0.4, 0.5) is 17.5 Å². The van der Waals surface area contributed by atoms with Crippen molar-refractivity contribution >= 4 is 17.5 Å². The van der Waals surface area contributed by atoms with Crippen LogP contribution in [0, 0.1) is 4.91 Å². The van der Waals surface area contributed by atoms with E-state index in [0.717, 1.165) is 0 Å². The zero-order valence-corrected chi connectivity index (χ0v) is 10.1. The number of rotatable bonds is 1. The van der Waals surface area contributed by atoms with E-state index in [0.29, 0.717) is 0 Å². The van der Waals surface area contributed by atoms with Crippen molar-refractivity contribution in [3.05, 3.63) is 15.3 Å². The van der Waals surface area contributed by atoms with Gasteiger partial charge in [-0.05, 0) is 5.18 Å². The molecule has 5 N–H and O–H groups in total. The topological polar surface area (TPSA) is 127 Å². The van der Waals surface area contributed by atoms with Crippen LogP contribution in [0.15, 0.2) is 9.97 Å². The molecule has 60 valence electrons. The normalized spacial score (nSPS) is 8.67. The SMILES string of the molecule is Nc1nc(N)c(N=O)c(=O)[nH]1.[Cd]. The van der Waals surface area contributed by atoms with Crippen molar-refractivity contribution in [3.63, 3.8) is 0 Å². The van der Waals surface area contributed by atoms with Gasteiger partial charge in [0.25, 0.3) is 5.56 Å². The van der Waals surface area contributed by atoms with Crippen LogP contribution >= 0.6 is 0 Å². The Morgan fingerprint density at radius 3 is 2.42 bits per heavy atom. The van der Waals surface area contributed by atoms with Crippen molar-refractivity contribution in [2.45, 2.75) is 0 Å². The van der Waals surface area contributed by atoms with E-state index in [-0.39, 0.29) is 39.1 Å². The number of nitrogens with two attached hydrogens (primary N) is 2. The summed E-state index contributed by atoms with van der Waals surface area (Å²) in [7, 11) is 0. The molecule has 1 aromatic heterocycles. The second-order valence-electron chi connectivity index (χ2n) is 1.78. The van der Waals surface area contributed by atoms with Gasteiger partial charge in [0.1, 0.15) is 0 Å². The number of nitrogen functional groups attached to an aromatic ring is 2. The molecule has 7 nitrogen and oxygen atoms in total. The van der Waals surface area contributed by atoms with E-state index in [4.69, 9.17) is 11.5 Å². The minimum absolute atomic E-state index is 0. The molecule has 0 aliphatic rings. The number of H-pyrrole nitrogens is 1. The van der Waals surface area contributed by atoms with Crippen molar-refractivity contribution in [1.82, 2.24) is 9.97 Å². The van der Waals surface area contributed by atoms with E-state index in [1.807, 2.05) is 0 Å². The van der Waals surface area contributed by atoms with Gasteiger partial charge >= 0.3 is 0 Å². The van der Waals surface area contributed by atoms with Crippen LogP contribution in [-0.2, 0) is 27.3 Å². The predicted octanol–water partition coefficient (Wildman–Crippen LogP) is -0.670. The molecule has 0 spiro atoms. The van der Waals surface area contributed by atoms with Crippen LogP contribution in [0.1, 0.15) is 0 Å². The molecule has 0 fully saturated rings. The molecule has 0 aliphatic carbocycles. The van der Waals surface area contributed by atoms with Gasteiger partial charge in [-0.25, -0.2) is 0 Å². The molecule has 1 aromatic rings. The summed E-state index contributed by atoms with van der Waals surface area (Å²) in [4.78, 5) is 26.2. The first-order valence-corrected chi connectivity index (χ1v) is 2.63. The third-order valence-electron chi connectivity index (χ3n) is 1.03. The Morgan fingerprint density at radius 1 is 1.42 bits per heavy atom. The van der Waals surface area contributed by atoms with E-state index in [1.54, 1.807) is 0 Å². The summed E-state index contributed by atoms with van der Waals surface area (Å²) in [6, 6.07) is 0. The maximum atomic E-state index is 10.7. The fourth-order valence-corrected chi connectivity index (χ4v) is 0.591. The molecule has 12 heavy (non-hydrogen) atoms. The van der Waals surface area contributed by atoms with Gasteiger partial charge in [0.05, 0.1) is 0 Å². The summed E-state index contributed by atoms with van der Waals surface area (Å²) in [5, 5.41) is 2.37. The summed E-state index contributed by atoms with van der Waals surface area (Å²) in [6.07, 6.45) is 0. The molecule has 0 unspecified atom stereocenters. The third kappa shape index (κ3) is 1.99. The van der Waals surface area contributed by atoms with E-state index in [9.17, 15) is 9.70 Å². The van der Waals surface area contributed by atoms with Crippen molar-refractivity contribution < 1.29 is 27.3 Å². The van der Waals surface area contributed by atoms with Crippen LogP contribution in [0.25, 0.3) is 0 Å². The minimum atomic E-state index is -0.731. The van der Waals surface area contributed by atoms with Crippen molar-refractivity contribution in [1.29, 1.82) is 0 Å². The Kier molecular flexibility index (Phi) is 3.79. The van der Waals surface area contributed by atoms with Crippen LogP contribution in [0.5, 0.6) is 0 Å². The van der Waals surface area contributed by atoms with E-state index < -0.39 is 11.2 Å². The number of hydrogen-bond donors (Lipinski definition) is 3. The molecular weight excluding hydrogens is 262 g/mol. The zero-order valence-electron chi connectivity index (χ0n) is 6.07. The molecule has 1 heterocycles. The maximum absolute atomic E-state index is 10.7. The van der Waals surface area contributed by atoms with Crippen LogP contribution in [0.2, 0.25) is 0 Å². The average Bonchev–Trinajstić information content (AvgIpc) is 1.85. The molecule has 0 radical (unpaired) electrons.